The van der Waals surface area contributed by atoms with Crippen LogP contribution in [0.4, 0.5) is 0 Å². The van der Waals surface area contributed by atoms with Crippen LogP contribution in [0.2, 0.25) is 0 Å². The first kappa shape index (κ1) is 13.0. The molecule has 106 valence electrons. The summed E-state index contributed by atoms with van der Waals surface area (Å²) in [7, 11) is 3.88. The SMILES string of the molecule is CN(CC1CC=CCC1)C(=O)c1cc2c(ccn2C)[nH]1. The summed E-state index contributed by atoms with van der Waals surface area (Å²) >= 11 is 0. The zero-order valence-electron chi connectivity index (χ0n) is 12.1. The first-order chi connectivity index (χ1) is 9.65. The number of amides is 1. The maximum absolute atomic E-state index is 12.5. The predicted molar refractivity (Wildman–Crippen MR) is 80.7 cm³/mol. The smallest absolute Gasteiger partial charge is 0.270 e. The van der Waals surface area contributed by atoms with Crippen molar-refractivity contribution in [1.29, 1.82) is 0 Å². The lowest BCUT2D eigenvalue weighted by atomic mass is 9.94. The molecule has 2 heterocycles. The number of rotatable bonds is 3. The number of carbonyl (C=O) groups is 1. The molecular formula is C16H21N3O. The van der Waals surface area contributed by atoms with Gasteiger partial charge in [0, 0.05) is 26.8 Å². The maximum Gasteiger partial charge on any atom is 0.270 e. The van der Waals surface area contributed by atoms with Gasteiger partial charge in [-0.15, -0.1) is 0 Å². The Morgan fingerprint density at radius 3 is 3.05 bits per heavy atom. The molecule has 0 spiro atoms. The van der Waals surface area contributed by atoms with Crippen LogP contribution >= 0.6 is 0 Å². The summed E-state index contributed by atoms with van der Waals surface area (Å²) in [6.45, 7) is 0.832. The Labute approximate surface area is 119 Å². The van der Waals surface area contributed by atoms with Crippen molar-refractivity contribution in [3.8, 4) is 0 Å². The van der Waals surface area contributed by atoms with Crippen LogP contribution in [0.25, 0.3) is 11.0 Å². The fraction of sp³-hybridized carbons (Fsp3) is 0.438. The molecule has 3 rings (SSSR count). The number of aromatic nitrogens is 2. The van der Waals surface area contributed by atoms with E-state index in [4.69, 9.17) is 0 Å². The summed E-state index contributed by atoms with van der Waals surface area (Å²) < 4.78 is 2.02. The Bertz CT molecular complexity index is 650. The average molecular weight is 271 g/mol. The monoisotopic (exact) mass is 271 g/mol. The van der Waals surface area contributed by atoms with E-state index in [1.54, 1.807) is 0 Å². The Morgan fingerprint density at radius 1 is 1.50 bits per heavy atom. The van der Waals surface area contributed by atoms with Crippen molar-refractivity contribution in [2.75, 3.05) is 13.6 Å². The molecule has 0 bridgehead atoms. The Kier molecular flexibility index (Phi) is 3.38. The number of carbonyl (C=O) groups excluding carboxylic acids is 1. The minimum Gasteiger partial charge on any atom is -0.349 e. The van der Waals surface area contributed by atoms with Crippen LogP contribution in [0.3, 0.4) is 0 Å². The van der Waals surface area contributed by atoms with Crippen LogP contribution in [0, 0.1) is 5.92 Å². The second-order valence-electron chi connectivity index (χ2n) is 5.74. The molecule has 0 aliphatic heterocycles. The Morgan fingerprint density at radius 2 is 2.35 bits per heavy atom. The van der Waals surface area contributed by atoms with Gasteiger partial charge in [-0.3, -0.25) is 4.79 Å². The lowest BCUT2D eigenvalue weighted by Gasteiger charge is -2.24. The molecule has 20 heavy (non-hydrogen) atoms. The first-order valence-electron chi connectivity index (χ1n) is 7.19. The lowest BCUT2D eigenvalue weighted by molar-refractivity contribution is 0.0764. The van der Waals surface area contributed by atoms with Gasteiger partial charge in [-0.05, 0) is 37.3 Å². The van der Waals surface area contributed by atoms with Crippen molar-refractivity contribution in [3.63, 3.8) is 0 Å². The van der Waals surface area contributed by atoms with E-state index in [-0.39, 0.29) is 5.91 Å². The molecule has 0 saturated heterocycles. The van der Waals surface area contributed by atoms with Crippen LogP contribution in [0.1, 0.15) is 29.8 Å². The second-order valence-corrected chi connectivity index (χ2v) is 5.74. The Balaban J connectivity index is 1.72. The number of hydrogen-bond acceptors (Lipinski definition) is 1. The number of fused-ring (bicyclic) bond motifs is 1. The summed E-state index contributed by atoms with van der Waals surface area (Å²) in [5.41, 5.74) is 2.77. The van der Waals surface area contributed by atoms with E-state index in [1.165, 1.54) is 6.42 Å². The fourth-order valence-electron chi connectivity index (χ4n) is 2.96. The van der Waals surface area contributed by atoms with Gasteiger partial charge in [-0.25, -0.2) is 0 Å². The summed E-state index contributed by atoms with van der Waals surface area (Å²) in [6, 6.07) is 3.94. The molecule has 0 aromatic carbocycles. The highest BCUT2D eigenvalue weighted by atomic mass is 16.2. The zero-order chi connectivity index (χ0) is 14.1. The van der Waals surface area contributed by atoms with Crippen molar-refractivity contribution in [2.45, 2.75) is 19.3 Å². The summed E-state index contributed by atoms with van der Waals surface area (Å²) in [6.07, 6.45) is 9.86. The third-order valence-electron chi connectivity index (χ3n) is 4.16. The van der Waals surface area contributed by atoms with Crippen molar-refractivity contribution in [3.05, 3.63) is 36.2 Å². The van der Waals surface area contributed by atoms with E-state index in [0.29, 0.717) is 11.6 Å². The lowest BCUT2D eigenvalue weighted by Crippen LogP contribution is -2.32. The second kappa shape index (κ2) is 5.19. The standard InChI is InChI=1S/C16H21N3O/c1-18-9-8-13-15(18)10-14(17-13)16(20)19(2)11-12-6-4-3-5-7-12/h3-4,8-10,12,17H,5-7,11H2,1-2H3. The molecule has 1 unspecified atom stereocenters. The van der Waals surface area contributed by atoms with Gasteiger partial charge in [0.05, 0.1) is 11.0 Å². The van der Waals surface area contributed by atoms with Gasteiger partial charge < -0.3 is 14.5 Å². The van der Waals surface area contributed by atoms with Crippen LogP contribution in [0.15, 0.2) is 30.5 Å². The normalized spacial score (nSPS) is 18.6. The molecule has 4 heteroatoms. The third-order valence-corrected chi connectivity index (χ3v) is 4.16. The number of aryl methyl sites for hydroxylation is 1. The quantitative estimate of drug-likeness (QED) is 0.857. The van der Waals surface area contributed by atoms with E-state index in [0.717, 1.165) is 30.4 Å². The largest absolute Gasteiger partial charge is 0.349 e. The summed E-state index contributed by atoms with van der Waals surface area (Å²) in [5.74, 6) is 0.675. The number of H-pyrrole nitrogens is 1. The molecular weight excluding hydrogens is 250 g/mol. The van der Waals surface area contributed by atoms with Crippen LogP contribution in [-0.4, -0.2) is 34.0 Å². The molecule has 1 atom stereocenters. The van der Waals surface area contributed by atoms with Gasteiger partial charge in [0.25, 0.3) is 5.91 Å². The van der Waals surface area contributed by atoms with Crippen LogP contribution in [0.5, 0.6) is 0 Å². The number of hydrogen-bond donors (Lipinski definition) is 1. The highest BCUT2D eigenvalue weighted by Crippen LogP contribution is 2.21. The van der Waals surface area contributed by atoms with Crippen molar-refractivity contribution in [2.24, 2.45) is 13.0 Å². The topological polar surface area (TPSA) is 41.0 Å². The summed E-state index contributed by atoms with van der Waals surface area (Å²) in [4.78, 5) is 17.5. The highest BCUT2D eigenvalue weighted by molar-refractivity contribution is 5.97. The number of allylic oxidation sites excluding steroid dienone is 2. The molecule has 2 aromatic heterocycles. The van der Waals surface area contributed by atoms with Crippen molar-refractivity contribution in [1.82, 2.24) is 14.5 Å². The van der Waals surface area contributed by atoms with E-state index in [2.05, 4.69) is 17.1 Å². The molecule has 0 saturated carbocycles. The highest BCUT2D eigenvalue weighted by Gasteiger charge is 2.19. The van der Waals surface area contributed by atoms with E-state index >= 15 is 0 Å². The minimum atomic E-state index is 0.0794. The Hall–Kier alpha value is -1.97. The van der Waals surface area contributed by atoms with Crippen LogP contribution in [-0.2, 0) is 7.05 Å². The molecule has 1 amide bonds. The third kappa shape index (κ3) is 2.38. The maximum atomic E-state index is 12.5. The molecule has 0 radical (unpaired) electrons. The molecule has 1 aliphatic rings. The van der Waals surface area contributed by atoms with Crippen LogP contribution < -0.4 is 0 Å². The molecule has 1 aliphatic carbocycles. The van der Waals surface area contributed by atoms with Crippen molar-refractivity contribution < 1.29 is 4.79 Å². The fourth-order valence-corrected chi connectivity index (χ4v) is 2.96. The number of aromatic amines is 1. The summed E-state index contributed by atoms with van der Waals surface area (Å²) in [5, 5.41) is 0. The molecule has 4 nitrogen and oxygen atoms in total. The first-order valence-corrected chi connectivity index (χ1v) is 7.19. The molecule has 0 fully saturated rings. The van der Waals surface area contributed by atoms with Gasteiger partial charge in [-0.1, -0.05) is 12.2 Å². The van der Waals surface area contributed by atoms with E-state index in [1.807, 2.05) is 41.9 Å². The zero-order valence-corrected chi connectivity index (χ0v) is 12.1. The van der Waals surface area contributed by atoms with Gasteiger partial charge in [0.1, 0.15) is 5.69 Å². The van der Waals surface area contributed by atoms with E-state index < -0.39 is 0 Å². The predicted octanol–water partition coefficient (Wildman–Crippen LogP) is 2.93. The van der Waals surface area contributed by atoms with E-state index in [9.17, 15) is 4.79 Å². The van der Waals surface area contributed by atoms with Gasteiger partial charge in [-0.2, -0.15) is 0 Å². The van der Waals surface area contributed by atoms with Crippen molar-refractivity contribution >= 4 is 16.9 Å². The van der Waals surface area contributed by atoms with Gasteiger partial charge in [0.2, 0.25) is 0 Å². The minimum absolute atomic E-state index is 0.0794. The average Bonchev–Trinajstić information content (AvgIpc) is 3.02. The molecule has 1 N–H and O–H groups in total. The molecule has 2 aromatic rings. The van der Waals surface area contributed by atoms with Gasteiger partial charge in [0.15, 0.2) is 0 Å². The van der Waals surface area contributed by atoms with Gasteiger partial charge >= 0.3 is 0 Å². The number of nitrogens with zero attached hydrogens (tertiary/aromatic N) is 2. The number of nitrogens with one attached hydrogen (secondary N) is 1.